The van der Waals surface area contributed by atoms with Crippen LogP contribution in [-0.4, -0.2) is 102 Å². The van der Waals surface area contributed by atoms with Crippen molar-refractivity contribution in [2.75, 3.05) is 48.3 Å². The number of carbonyl (C=O) groups is 4. The Labute approximate surface area is 383 Å². The number of likely N-dealkylation sites (tertiary alicyclic amines) is 1. The molecule has 0 spiro atoms. The van der Waals surface area contributed by atoms with E-state index >= 15 is 4.39 Å². The van der Waals surface area contributed by atoms with Gasteiger partial charge in [0, 0.05) is 37.8 Å². The number of imide groups is 2. The van der Waals surface area contributed by atoms with Crippen LogP contribution in [0.4, 0.5) is 33.2 Å². The van der Waals surface area contributed by atoms with Crippen LogP contribution in [0, 0.1) is 18.7 Å². The number of anilines is 5. The number of para-hydroxylation sites is 1. The molecule has 3 saturated heterocycles. The topological polar surface area (TPSA) is 183 Å². The van der Waals surface area contributed by atoms with Crippen molar-refractivity contribution in [3.8, 4) is 5.75 Å². The molecule has 18 heteroatoms. The van der Waals surface area contributed by atoms with Crippen molar-refractivity contribution < 1.29 is 36.7 Å². The Morgan fingerprint density at radius 3 is 2.26 bits per heavy atom. The zero-order chi connectivity index (χ0) is 46.3. The molecule has 0 bridgehead atoms. The summed E-state index contributed by atoms with van der Waals surface area (Å²) < 4.78 is 48.1. The van der Waals surface area contributed by atoms with Gasteiger partial charge in [-0.25, -0.2) is 17.8 Å². The van der Waals surface area contributed by atoms with Crippen LogP contribution in [-0.2, 0) is 19.4 Å². The predicted octanol–water partition coefficient (Wildman–Crippen LogP) is 7.53. The summed E-state index contributed by atoms with van der Waals surface area (Å²) in [5, 5.41) is 8.20. The van der Waals surface area contributed by atoms with Crippen LogP contribution in [0.5, 0.6) is 5.75 Å². The zero-order valence-corrected chi connectivity index (χ0v) is 38.7. The summed E-state index contributed by atoms with van der Waals surface area (Å²) >= 11 is 6.52. The molecule has 1 unspecified atom stereocenters. The smallest absolute Gasteiger partial charge is 0.262 e. The number of hydrogen-bond acceptors (Lipinski definition) is 13. The van der Waals surface area contributed by atoms with E-state index in [-0.39, 0.29) is 57.7 Å². The summed E-state index contributed by atoms with van der Waals surface area (Å²) in [5.41, 5.74) is 3.62. The summed E-state index contributed by atoms with van der Waals surface area (Å²) in [7, 11) is -3.59. The second-order valence-corrected chi connectivity index (χ2v) is 20.8. The monoisotopic (exact) mass is 928 g/mol. The first kappa shape index (κ1) is 45.9. The van der Waals surface area contributed by atoms with Gasteiger partial charge in [0.1, 0.15) is 22.6 Å². The van der Waals surface area contributed by atoms with Gasteiger partial charge >= 0.3 is 0 Å². The highest BCUT2D eigenvalue weighted by Gasteiger charge is 2.45. The van der Waals surface area contributed by atoms with Gasteiger partial charge in [-0.2, -0.15) is 4.98 Å². The van der Waals surface area contributed by atoms with Gasteiger partial charge in [0.25, 0.3) is 11.8 Å². The summed E-state index contributed by atoms with van der Waals surface area (Å²) in [6.07, 6.45) is 4.80. The maximum Gasteiger partial charge on any atom is 0.262 e. The molecule has 4 aliphatic rings. The van der Waals surface area contributed by atoms with E-state index in [2.05, 4.69) is 48.7 Å². The minimum atomic E-state index is -3.59. The van der Waals surface area contributed by atoms with Crippen LogP contribution in [0.15, 0.2) is 59.6 Å². The molecule has 1 atom stereocenters. The van der Waals surface area contributed by atoms with Crippen molar-refractivity contribution in [1.82, 2.24) is 25.1 Å². The molecule has 3 aromatic carbocycles. The van der Waals surface area contributed by atoms with Crippen molar-refractivity contribution in [2.45, 2.75) is 101 Å². The lowest BCUT2D eigenvalue weighted by Crippen LogP contribution is -2.54. The number of fused-ring (bicyclic) bond motifs is 1. The number of hydrogen-bond donors (Lipinski definition) is 3. The number of aromatic nitrogens is 2. The summed E-state index contributed by atoms with van der Waals surface area (Å²) in [6.45, 7) is 13.5. The van der Waals surface area contributed by atoms with E-state index in [0.717, 1.165) is 67.8 Å². The van der Waals surface area contributed by atoms with E-state index in [1.807, 2.05) is 19.9 Å². The fourth-order valence-electron chi connectivity index (χ4n) is 9.27. The maximum atomic E-state index is 15.6. The molecule has 4 aromatic rings. The highest BCUT2D eigenvalue weighted by atomic mass is 35.5. The Balaban J connectivity index is 0.882. The maximum absolute atomic E-state index is 15.6. The lowest BCUT2D eigenvalue weighted by Gasteiger charge is -2.39. The fraction of sp³-hybridized carbons (Fsp3) is 0.447. The molecule has 5 heterocycles. The number of carbonyl (C=O) groups excluding carboxylic acids is 4. The molecule has 0 aliphatic carbocycles. The van der Waals surface area contributed by atoms with Crippen molar-refractivity contribution in [2.24, 2.45) is 5.92 Å². The highest BCUT2D eigenvalue weighted by molar-refractivity contribution is 7.92. The number of ether oxygens (including phenoxy) is 1. The number of nitrogens with zero attached hydrogens (tertiary/aromatic N) is 5. The third-order valence-corrected chi connectivity index (χ3v) is 15.3. The lowest BCUT2D eigenvalue weighted by atomic mass is 9.86. The van der Waals surface area contributed by atoms with E-state index in [0.29, 0.717) is 41.4 Å². The van der Waals surface area contributed by atoms with Crippen LogP contribution >= 0.6 is 11.6 Å². The van der Waals surface area contributed by atoms with Crippen LogP contribution in [0.3, 0.4) is 0 Å². The molecular formula is C47H54ClFN8O7S. The second-order valence-electron chi connectivity index (χ2n) is 17.9. The summed E-state index contributed by atoms with van der Waals surface area (Å²) in [4.78, 5) is 65.6. The molecule has 0 radical (unpaired) electrons. The number of piperidine rings is 3. The Kier molecular flexibility index (Phi) is 13.2. The number of halogens is 2. The van der Waals surface area contributed by atoms with E-state index in [1.54, 1.807) is 38.1 Å². The van der Waals surface area contributed by atoms with Gasteiger partial charge in [0.2, 0.25) is 17.8 Å². The predicted molar refractivity (Wildman–Crippen MR) is 246 cm³/mol. The minimum Gasteiger partial charge on any atom is -0.489 e. The molecular weight excluding hydrogens is 875 g/mol. The molecule has 3 N–H and O–H groups in total. The Hall–Kier alpha value is -5.65. The lowest BCUT2D eigenvalue weighted by molar-refractivity contribution is -0.136. The zero-order valence-electron chi connectivity index (χ0n) is 37.1. The van der Waals surface area contributed by atoms with Crippen LogP contribution in [0.25, 0.3) is 0 Å². The van der Waals surface area contributed by atoms with Gasteiger partial charge in [0.05, 0.1) is 44.9 Å². The van der Waals surface area contributed by atoms with Crippen molar-refractivity contribution in [3.05, 3.63) is 87.8 Å². The molecule has 0 saturated carbocycles. The molecule has 344 valence electrons. The van der Waals surface area contributed by atoms with Gasteiger partial charge in [0.15, 0.2) is 15.7 Å². The first-order valence-corrected chi connectivity index (χ1v) is 24.1. The van der Waals surface area contributed by atoms with E-state index in [1.165, 1.54) is 12.3 Å². The standard InChI is InChI=1S/C47H54ClFN8O7S/c1-26(2)64-40-23-39(28(5)20-37(40)52-47-50-24-34(48)43(54-47)51-36-8-6-7-9-41(36)65(62,63)27(3)4)56-18-12-29(13-19-56)25-55-16-14-30(15-17-55)31-21-32-33(22-35(31)49)46(61)57(45(32)60)38-10-11-42(58)53-44(38)59/h6-9,20-24,26-27,29-30,38H,10-19,25H2,1-5H3,(H,53,58,59)(H2,50,51,52,54). The molecule has 65 heavy (non-hydrogen) atoms. The molecule has 3 fully saturated rings. The quantitative estimate of drug-likeness (QED) is 0.112. The summed E-state index contributed by atoms with van der Waals surface area (Å²) in [6, 6.07) is 12.3. The number of aryl methyl sites for hydroxylation is 1. The SMILES string of the molecule is Cc1cc(Nc2ncc(Cl)c(Nc3ccccc3S(=O)(=O)C(C)C)n2)c(OC(C)C)cc1N1CCC(CN2CCC(c3cc4c(cc3F)C(=O)N(C3CCC(=O)NC3=O)C4=O)CC2)CC1. The molecule has 4 aliphatic heterocycles. The molecule has 1 aromatic heterocycles. The molecule has 15 nitrogen and oxygen atoms in total. The van der Waals surface area contributed by atoms with Gasteiger partial charge in [-0.15, -0.1) is 0 Å². The second kappa shape index (κ2) is 18.7. The van der Waals surface area contributed by atoms with Gasteiger partial charge in [-0.3, -0.25) is 29.4 Å². The number of sulfone groups is 1. The number of benzene rings is 3. The first-order chi connectivity index (χ1) is 31.0. The number of amides is 4. The third kappa shape index (κ3) is 9.54. The normalized spacial score (nSPS) is 19.0. The Morgan fingerprint density at radius 2 is 1.58 bits per heavy atom. The average Bonchev–Trinajstić information content (AvgIpc) is 3.50. The van der Waals surface area contributed by atoms with Gasteiger partial charge < -0.3 is 25.2 Å². The molecule has 8 rings (SSSR count). The summed E-state index contributed by atoms with van der Waals surface area (Å²) in [5.74, 6) is -1.53. The number of rotatable bonds is 13. The van der Waals surface area contributed by atoms with E-state index in [9.17, 15) is 27.6 Å². The van der Waals surface area contributed by atoms with Crippen molar-refractivity contribution in [1.29, 1.82) is 0 Å². The average molecular weight is 930 g/mol. The van der Waals surface area contributed by atoms with Crippen LogP contribution in [0.2, 0.25) is 5.02 Å². The Bertz CT molecular complexity index is 2650. The highest BCUT2D eigenvalue weighted by Crippen LogP contribution is 2.40. The van der Waals surface area contributed by atoms with Crippen LogP contribution in [0.1, 0.15) is 104 Å². The molecule has 4 amide bonds. The fourth-order valence-corrected chi connectivity index (χ4v) is 10.6. The minimum absolute atomic E-state index is 0.0157. The van der Waals surface area contributed by atoms with Crippen molar-refractivity contribution >= 4 is 73.9 Å². The van der Waals surface area contributed by atoms with E-state index < -0.39 is 50.6 Å². The first-order valence-electron chi connectivity index (χ1n) is 22.2. The largest absolute Gasteiger partial charge is 0.489 e. The van der Waals surface area contributed by atoms with E-state index in [4.69, 9.17) is 16.3 Å². The van der Waals surface area contributed by atoms with Gasteiger partial charge in [-0.05, 0) is 133 Å². The van der Waals surface area contributed by atoms with Crippen molar-refractivity contribution in [3.63, 3.8) is 0 Å². The number of nitrogens with one attached hydrogen (secondary N) is 3. The third-order valence-electron chi connectivity index (χ3n) is 12.8. The van der Waals surface area contributed by atoms with Crippen LogP contribution < -0.4 is 25.6 Å². The van der Waals surface area contributed by atoms with Gasteiger partial charge in [-0.1, -0.05) is 23.7 Å². The Morgan fingerprint density at radius 1 is 0.892 bits per heavy atom.